The SMILES string of the molecule is CCC(CC)c1cc[n+](CC(=O)Nc2cc(C(=O)OC)ccc2C(=O)OC)cc1. The number of methoxy groups -OCH3 is 2. The summed E-state index contributed by atoms with van der Waals surface area (Å²) in [5.74, 6) is -1.01. The highest BCUT2D eigenvalue weighted by molar-refractivity contribution is 6.03. The lowest BCUT2D eigenvalue weighted by Gasteiger charge is -2.12. The molecule has 0 bridgehead atoms. The summed E-state index contributed by atoms with van der Waals surface area (Å²) in [6, 6.07) is 8.30. The van der Waals surface area contributed by atoms with Crippen LogP contribution in [-0.2, 0) is 20.8 Å². The zero-order chi connectivity index (χ0) is 21.4. The van der Waals surface area contributed by atoms with Gasteiger partial charge in [0.05, 0.1) is 31.0 Å². The van der Waals surface area contributed by atoms with Gasteiger partial charge in [-0.15, -0.1) is 0 Å². The van der Waals surface area contributed by atoms with Crippen LogP contribution >= 0.6 is 0 Å². The van der Waals surface area contributed by atoms with Crippen LogP contribution in [0.5, 0.6) is 0 Å². The van der Waals surface area contributed by atoms with E-state index in [9.17, 15) is 14.4 Å². The first kappa shape index (κ1) is 22.1. The van der Waals surface area contributed by atoms with E-state index in [0.29, 0.717) is 5.92 Å². The molecule has 0 aliphatic heterocycles. The number of pyridine rings is 1. The van der Waals surface area contributed by atoms with Crippen LogP contribution in [0.1, 0.15) is 58.9 Å². The molecule has 1 aromatic carbocycles. The van der Waals surface area contributed by atoms with Gasteiger partial charge >= 0.3 is 11.9 Å². The van der Waals surface area contributed by atoms with Crippen LogP contribution in [0.2, 0.25) is 0 Å². The Labute approximate surface area is 170 Å². The highest BCUT2D eigenvalue weighted by Gasteiger charge is 2.19. The standard InChI is InChI=1S/C22H26N2O5/c1-5-15(6-2)16-9-11-24(12-10-16)14-20(25)23-19-13-17(21(26)28-3)7-8-18(19)22(27)29-4/h7-13,15H,5-6,14H2,1-4H3/p+1. The van der Waals surface area contributed by atoms with Crippen molar-refractivity contribution < 1.29 is 28.4 Å². The van der Waals surface area contributed by atoms with Gasteiger partial charge in [-0.25, -0.2) is 9.59 Å². The molecule has 0 fully saturated rings. The number of benzene rings is 1. The van der Waals surface area contributed by atoms with Gasteiger partial charge in [-0.2, -0.15) is 4.57 Å². The van der Waals surface area contributed by atoms with Crippen molar-refractivity contribution >= 4 is 23.5 Å². The van der Waals surface area contributed by atoms with Gasteiger partial charge in [0, 0.05) is 12.1 Å². The van der Waals surface area contributed by atoms with Crippen LogP contribution in [0, 0.1) is 0 Å². The van der Waals surface area contributed by atoms with E-state index in [2.05, 4.69) is 19.2 Å². The van der Waals surface area contributed by atoms with Crippen molar-refractivity contribution in [3.8, 4) is 0 Å². The maximum absolute atomic E-state index is 12.5. The molecule has 0 atom stereocenters. The van der Waals surface area contributed by atoms with Gasteiger partial charge in [0.25, 0.3) is 5.91 Å². The van der Waals surface area contributed by atoms with Crippen molar-refractivity contribution in [1.29, 1.82) is 0 Å². The van der Waals surface area contributed by atoms with Gasteiger partial charge in [0.15, 0.2) is 12.4 Å². The average molecular weight is 399 g/mol. The number of hydrogen-bond donors (Lipinski definition) is 1. The lowest BCUT2D eigenvalue weighted by Crippen LogP contribution is -2.39. The lowest BCUT2D eigenvalue weighted by atomic mass is 9.95. The van der Waals surface area contributed by atoms with Crippen molar-refractivity contribution in [3.63, 3.8) is 0 Å². The predicted octanol–water partition coefficient (Wildman–Crippen LogP) is 3.09. The number of hydrogen-bond acceptors (Lipinski definition) is 5. The summed E-state index contributed by atoms with van der Waals surface area (Å²) in [6.07, 6.45) is 5.85. The number of nitrogens with zero attached hydrogens (tertiary/aromatic N) is 1. The minimum Gasteiger partial charge on any atom is -0.465 e. The van der Waals surface area contributed by atoms with Crippen LogP contribution in [0.25, 0.3) is 0 Å². The topological polar surface area (TPSA) is 85.6 Å². The van der Waals surface area contributed by atoms with Crippen molar-refractivity contribution in [1.82, 2.24) is 0 Å². The molecule has 0 radical (unpaired) electrons. The van der Waals surface area contributed by atoms with Gasteiger partial charge in [0.2, 0.25) is 6.54 Å². The summed E-state index contributed by atoms with van der Waals surface area (Å²) in [6.45, 7) is 4.38. The number of nitrogens with one attached hydrogen (secondary N) is 1. The van der Waals surface area contributed by atoms with Crippen LogP contribution < -0.4 is 9.88 Å². The molecule has 154 valence electrons. The Bertz CT molecular complexity index is 873. The third kappa shape index (κ3) is 5.63. The summed E-state index contributed by atoms with van der Waals surface area (Å²) in [7, 11) is 2.51. The van der Waals surface area contributed by atoms with E-state index < -0.39 is 11.9 Å². The van der Waals surface area contributed by atoms with Gasteiger partial charge < -0.3 is 14.8 Å². The Morgan fingerprint density at radius 2 is 1.59 bits per heavy atom. The molecular formula is C22H27N2O5+. The molecular weight excluding hydrogens is 372 g/mol. The number of ether oxygens (including phenoxy) is 2. The Morgan fingerprint density at radius 3 is 2.14 bits per heavy atom. The third-order valence-electron chi connectivity index (χ3n) is 4.82. The Kier molecular flexibility index (Phi) is 7.88. The van der Waals surface area contributed by atoms with Crippen molar-refractivity contribution in [2.75, 3.05) is 19.5 Å². The summed E-state index contributed by atoms with van der Waals surface area (Å²) in [5.41, 5.74) is 1.81. The summed E-state index contributed by atoms with van der Waals surface area (Å²) in [5, 5.41) is 2.68. The quantitative estimate of drug-likeness (QED) is 0.545. The number of amides is 1. The summed E-state index contributed by atoms with van der Waals surface area (Å²) < 4.78 is 11.2. The maximum Gasteiger partial charge on any atom is 0.339 e. The molecule has 1 N–H and O–H groups in total. The van der Waals surface area contributed by atoms with E-state index >= 15 is 0 Å². The molecule has 0 unspecified atom stereocenters. The molecule has 0 saturated carbocycles. The van der Waals surface area contributed by atoms with Crippen LogP contribution in [0.15, 0.2) is 42.7 Å². The first-order chi connectivity index (χ1) is 13.9. The fourth-order valence-corrected chi connectivity index (χ4v) is 3.14. The van der Waals surface area contributed by atoms with Crippen LogP contribution in [0.3, 0.4) is 0 Å². The molecule has 2 aromatic rings. The second kappa shape index (κ2) is 10.4. The first-order valence-electron chi connectivity index (χ1n) is 9.52. The van der Waals surface area contributed by atoms with Crippen LogP contribution in [0.4, 0.5) is 5.69 Å². The van der Waals surface area contributed by atoms with E-state index in [-0.39, 0.29) is 29.3 Å². The minimum absolute atomic E-state index is 0.0618. The molecule has 7 heteroatoms. The Morgan fingerprint density at radius 1 is 0.966 bits per heavy atom. The Hall–Kier alpha value is -3.22. The number of rotatable bonds is 8. The fraction of sp³-hybridized carbons (Fsp3) is 0.364. The van der Waals surface area contributed by atoms with Gasteiger partial charge in [-0.05, 0) is 42.5 Å². The van der Waals surface area contributed by atoms with Crippen LogP contribution in [-0.4, -0.2) is 32.1 Å². The zero-order valence-corrected chi connectivity index (χ0v) is 17.2. The molecule has 2 rings (SSSR count). The van der Waals surface area contributed by atoms with Gasteiger partial charge in [-0.1, -0.05) is 13.8 Å². The largest absolute Gasteiger partial charge is 0.465 e. The average Bonchev–Trinajstić information content (AvgIpc) is 2.74. The molecule has 1 heterocycles. The molecule has 1 aromatic heterocycles. The number of carbonyl (C=O) groups is 3. The number of carbonyl (C=O) groups excluding carboxylic acids is 3. The second-order valence-corrected chi connectivity index (χ2v) is 6.61. The molecule has 0 aliphatic rings. The van der Waals surface area contributed by atoms with E-state index in [1.807, 2.05) is 24.5 Å². The van der Waals surface area contributed by atoms with E-state index in [4.69, 9.17) is 9.47 Å². The highest BCUT2D eigenvalue weighted by Crippen LogP contribution is 2.22. The van der Waals surface area contributed by atoms with E-state index in [1.54, 1.807) is 4.57 Å². The molecule has 29 heavy (non-hydrogen) atoms. The smallest absolute Gasteiger partial charge is 0.339 e. The number of aromatic nitrogens is 1. The molecule has 0 saturated heterocycles. The maximum atomic E-state index is 12.5. The fourth-order valence-electron chi connectivity index (χ4n) is 3.14. The first-order valence-corrected chi connectivity index (χ1v) is 9.52. The summed E-state index contributed by atoms with van der Waals surface area (Å²) >= 11 is 0. The normalized spacial score (nSPS) is 10.5. The third-order valence-corrected chi connectivity index (χ3v) is 4.82. The monoisotopic (exact) mass is 399 g/mol. The molecule has 0 aliphatic carbocycles. The highest BCUT2D eigenvalue weighted by atomic mass is 16.5. The zero-order valence-electron chi connectivity index (χ0n) is 17.2. The molecule has 0 spiro atoms. The minimum atomic E-state index is -0.612. The van der Waals surface area contributed by atoms with Gasteiger partial charge in [0.1, 0.15) is 0 Å². The van der Waals surface area contributed by atoms with Crippen molar-refractivity contribution in [2.24, 2.45) is 0 Å². The molecule has 7 nitrogen and oxygen atoms in total. The second-order valence-electron chi connectivity index (χ2n) is 6.61. The number of anilines is 1. The molecule has 1 amide bonds. The predicted molar refractivity (Wildman–Crippen MR) is 108 cm³/mol. The van der Waals surface area contributed by atoms with E-state index in [0.717, 1.165) is 12.8 Å². The van der Waals surface area contributed by atoms with E-state index in [1.165, 1.54) is 38.0 Å². The van der Waals surface area contributed by atoms with Crippen molar-refractivity contribution in [2.45, 2.75) is 39.2 Å². The summed E-state index contributed by atoms with van der Waals surface area (Å²) in [4.78, 5) is 36.3. The Balaban J connectivity index is 2.18. The lowest BCUT2D eigenvalue weighted by molar-refractivity contribution is -0.684. The number of esters is 2. The van der Waals surface area contributed by atoms with Crippen molar-refractivity contribution in [3.05, 3.63) is 59.4 Å². The van der Waals surface area contributed by atoms with Gasteiger partial charge in [-0.3, -0.25) is 4.79 Å².